The molecule has 1 heterocycles. The molecule has 0 amide bonds. The fourth-order valence-corrected chi connectivity index (χ4v) is 3.70. The van der Waals surface area contributed by atoms with E-state index >= 15 is 0 Å². The summed E-state index contributed by atoms with van der Waals surface area (Å²) in [6.07, 6.45) is 0. The molecule has 0 atom stereocenters. The van der Waals surface area contributed by atoms with Gasteiger partial charge in [0.15, 0.2) is 11.5 Å². The van der Waals surface area contributed by atoms with Crippen molar-refractivity contribution in [1.29, 1.82) is 0 Å². The average Bonchev–Trinajstić information content (AvgIpc) is 3.21. The summed E-state index contributed by atoms with van der Waals surface area (Å²) >= 11 is 0. The Labute approximate surface area is 189 Å². The van der Waals surface area contributed by atoms with Crippen molar-refractivity contribution >= 4 is 0 Å². The molecule has 164 valence electrons. The van der Waals surface area contributed by atoms with Crippen LogP contribution < -0.4 is 9.47 Å². The highest BCUT2D eigenvalue weighted by Crippen LogP contribution is 2.36. The van der Waals surface area contributed by atoms with Crippen molar-refractivity contribution in [2.45, 2.75) is 6.92 Å². The molecule has 5 heteroatoms. The second-order valence-electron chi connectivity index (χ2n) is 7.98. The molecule has 1 aromatic heterocycles. The maximum absolute atomic E-state index is 6.05. The van der Waals surface area contributed by atoms with Crippen LogP contribution in [0.5, 0.6) is 11.5 Å². The number of hydrogen-bond donors (Lipinski definition) is 0. The standard InChI is InChI=1S/C27H29N3O2/c1-20-18-25(21-10-6-5-7-11-21)30(28-20)24-13-9-8-12-23(24)22-14-15-26(31-4)27(19-22)32-17-16-29(2)3/h5-15,18-19H,16-17H2,1-4H3. The number of hydrogen-bond acceptors (Lipinski definition) is 4. The van der Waals surface area contributed by atoms with Gasteiger partial charge in [-0.25, -0.2) is 4.68 Å². The van der Waals surface area contributed by atoms with E-state index in [0.717, 1.165) is 51.8 Å². The molecule has 5 nitrogen and oxygen atoms in total. The first-order valence-corrected chi connectivity index (χ1v) is 10.7. The van der Waals surface area contributed by atoms with Crippen LogP contribution >= 0.6 is 0 Å². The van der Waals surface area contributed by atoms with Crippen LogP contribution in [0.2, 0.25) is 0 Å². The number of methoxy groups -OCH3 is 1. The maximum Gasteiger partial charge on any atom is 0.161 e. The van der Waals surface area contributed by atoms with Gasteiger partial charge < -0.3 is 14.4 Å². The zero-order valence-corrected chi connectivity index (χ0v) is 19.1. The highest BCUT2D eigenvalue weighted by atomic mass is 16.5. The number of aromatic nitrogens is 2. The van der Waals surface area contributed by atoms with Crippen molar-refractivity contribution < 1.29 is 9.47 Å². The first kappa shape index (κ1) is 21.7. The van der Waals surface area contributed by atoms with Crippen LogP contribution in [0.1, 0.15) is 5.69 Å². The van der Waals surface area contributed by atoms with Gasteiger partial charge in [0.05, 0.1) is 24.2 Å². The molecule has 3 aromatic carbocycles. The molecular formula is C27H29N3O2. The summed E-state index contributed by atoms with van der Waals surface area (Å²) in [6.45, 7) is 3.44. The molecule has 0 aliphatic heterocycles. The summed E-state index contributed by atoms with van der Waals surface area (Å²) in [4.78, 5) is 2.09. The third-order valence-electron chi connectivity index (χ3n) is 5.30. The maximum atomic E-state index is 6.05. The summed E-state index contributed by atoms with van der Waals surface area (Å²) in [5.41, 5.74) is 6.31. The van der Waals surface area contributed by atoms with Crippen molar-refractivity contribution in [3.8, 4) is 39.6 Å². The van der Waals surface area contributed by atoms with E-state index in [9.17, 15) is 0 Å². The third-order valence-corrected chi connectivity index (χ3v) is 5.30. The number of likely N-dealkylation sites (N-methyl/N-ethyl adjacent to an activating group) is 1. The number of benzene rings is 3. The van der Waals surface area contributed by atoms with Gasteiger partial charge in [-0.1, -0.05) is 54.6 Å². The van der Waals surface area contributed by atoms with Crippen LogP contribution in [0.3, 0.4) is 0 Å². The topological polar surface area (TPSA) is 39.5 Å². The lowest BCUT2D eigenvalue weighted by atomic mass is 10.0. The van der Waals surface area contributed by atoms with Gasteiger partial charge in [-0.2, -0.15) is 5.10 Å². The van der Waals surface area contributed by atoms with Crippen molar-refractivity contribution in [2.75, 3.05) is 34.4 Å². The second kappa shape index (κ2) is 9.71. The number of nitrogens with zero attached hydrogens (tertiary/aromatic N) is 3. The Bertz CT molecular complexity index is 1180. The molecule has 0 fully saturated rings. The normalized spacial score (nSPS) is 11.0. The lowest BCUT2D eigenvalue weighted by Gasteiger charge is -2.16. The summed E-state index contributed by atoms with van der Waals surface area (Å²) in [6, 6.07) is 26.9. The molecule has 0 aliphatic rings. The van der Waals surface area contributed by atoms with Gasteiger partial charge >= 0.3 is 0 Å². The van der Waals surface area contributed by atoms with E-state index < -0.39 is 0 Å². The molecule has 0 saturated carbocycles. The summed E-state index contributed by atoms with van der Waals surface area (Å²) in [5.74, 6) is 1.46. The Morgan fingerprint density at radius 3 is 2.34 bits per heavy atom. The average molecular weight is 428 g/mol. The molecule has 4 rings (SSSR count). The first-order valence-electron chi connectivity index (χ1n) is 10.7. The predicted octanol–water partition coefficient (Wildman–Crippen LogP) is 5.46. The van der Waals surface area contributed by atoms with E-state index in [1.165, 1.54) is 0 Å². The summed E-state index contributed by atoms with van der Waals surface area (Å²) in [7, 11) is 5.73. The number of aryl methyl sites for hydroxylation is 1. The van der Waals surface area contributed by atoms with Crippen molar-refractivity contribution in [3.63, 3.8) is 0 Å². The van der Waals surface area contributed by atoms with Gasteiger partial charge in [-0.15, -0.1) is 0 Å². The summed E-state index contributed by atoms with van der Waals surface area (Å²) < 4.78 is 13.6. The molecule has 4 aromatic rings. The zero-order chi connectivity index (χ0) is 22.5. The minimum Gasteiger partial charge on any atom is -0.493 e. The van der Waals surface area contributed by atoms with Crippen molar-refractivity contribution in [3.05, 3.63) is 84.6 Å². The van der Waals surface area contributed by atoms with Gasteiger partial charge in [-0.05, 0) is 50.8 Å². The third kappa shape index (κ3) is 4.68. The second-order valence-corrected chi connectivity index (χ2v) is 7.98. The van der Waals surface area contributed by atoms with Crippen molar-refractivity contribution in [2.24, 2.45) is 0 Å². The Hall–Kier alpha value is -3.57. The molecule has 0 N–H and O–H groups in total. The van der Waals surface area contributed by atoms with E-state index in [0.29, 0.717) is 6.61 Å². The zero-order valence-electron chi connectivity index (χ0n) is 19.1. The Balaban J connectivity index is 1.78. The van der Waals surface area contributed by atoms with E-state index in [2.05, 4.69) is 53.4 Å². The Kier molecular flexibility index (Phi) is 6.57. The lowest BCUT2D eigenvalue weighted by Crippen LogP contribution is -2.19. The Morgan fingerprint density at radius 1 is 0.844 bits per heavy atom. The fourth-order valence-electron chi connectivity index (χ4n) is 3.70. The largest absolute Gasteiger partial charge is 0.493 e. The predicted molar refractivity (Wildman–Crippen MR) is 130 cm³/mol. The van der Waals surface area contributed by atoms with E-state index in [4.69, 9.17) is 14.6 Å². The molecule has 32 heavy (non-hydrogen) atoms. The van der Waals surface area contributed by atoms with Gasteiger partial charge in [0, 0.05) is 17.7 Å². The highest BCUT2D eigenvalue weighted by Gasteiger charge is 2.15. The molecule has 0 saturated heterocycles. The number of rotatable bonds is 8. The highest BCUT2D eigenvalue weighted by molar-refractivity contribution is 5.77. The minimum atomic E-state index is 0.588. The number of para-hydroxylation sites is 1. The minimum absolute atomic E-state index is 0.588. The first-order chi connectivity index (χ1) is 15.6. The lowest BCUT2D eigenvalue weighted by molar-refractivity contribution is 0.251. The van der Waals surface area contributed by atoms with E-state index in [1.54, 1.807) is 7.11 Å². The molecule has 0 radical (unpaired) electrons. The molecule has 0 bridgehead atoms. The van der Waals surface area contributed by atoms with Gasteiger partial charge in [0.2, 0.25) is 0 Å². The van der Waals surface area contributed by atoms with E-state index in [1.807, 2.05) is 56.0 Å². The van der Waals surface area contributed by atoms with Crippen molar-refractivity contribution in [1.82, 2.24) is 14.7 Å². The fraction of sp³-hybridized carbons (Fsp3) is 0.222. The molecule has 0 aliphatic carbocycles. The molecule has 0 spiro atoms. The van der Waals surface area contributed by atoms with Gasteiger partial charge in [0.1, 0.15) is 6.61 Å². The van der Waals surface area contributed by atoms with E-state index in [-0.39, 0.29) is 0 Å². The van der Waals surface area contributed by atoms with Gasteiger partial charge in [0.25, 0.3) is 0 Å². The van der Waals surface area contributed by atoms with Crippen LogP contribution in [0, 0.1) is 6.92 Å². The summed E-state index contributed by atoms with van der Waals surface area (Å²) in [5, 5.41) is 4.82. The van der Waals surface area contributed by atoms with Crippen LogP contribution in [0.15, 0.2) is 78.9 Å². The Morgan fingerprint density at radius 2 is 1.59 bits per heavy atom. The SMILES string of the molecule is COc1ccc(-c2ccccc2-n2nc(C)cc2-c2ccccc2)cc1OCCN(C)C. The van der Waals surface area contributed by atoms with Gasteiger partial charge in [-0.3, -0.25) is 0 Å². The van der Waals surface area contributed by atoms with Crippen LogP contribution in [0.4, 0.5) is 0 Å². The monoisotopic (exact) mass is 427 g/mol. The quantitative estimate of drug-likeness (QED) is 0.374. The van der Waals surface area contributed by atoms with Crippen LogP contribution in [0.25, 0.3) is 28.1 Å². The smallest absolute Gasteiger partial charge is 0.161 e. The number of ether oxygens (including phenoxy) is 2. The van der Waals surface area contributed by atoms with Crippen LogP contribution in [-0.4, -0.2) is 49.0 Å². The molecular weight excluding hydrogens is 398 g/mol. The van der Waals surface area contributed by atoms with Crippen LogP contribution in [-0.2, 0) is 0 Å². The molecule has 0 unspecified atom stereocenters.